The van der Waals surface area contributed by atoms with E-state index in [-0.39, 0.29) is 12.5 Å². The number of benzene rings is 1. The normalized spacial score (nSPS) is 14.3. The lowest BCUT2D eigenvalue weighted by Crippen LogP contribution is -2.42. The van der Waals surface area contributed by atoms with Crippen LogP contribution in [-0.4, -0.2) is 51.9 Å². The van der Waals surface area contributed by atoms with E-state index >= 15 is 0 Å². The van der Waals surface area contributed by atoms with Crippen LogP contribution in [0, 0.1) is 0 Å². The highest BCUT2D eigenvalue weighted by molar-refractivity contribution is 6.05. The van der Waals surface area contributed by atoms with Gasteiger partial charge in [0.1, 0.15) is 0 Å². The zero-order chi connectivity index (χ0) is 21.3. The molecule has 2 aromatic heterocycles. The number of nitrogens with zero attached hydrogens (tertiary/aromatic N) is 4. The van der Waals surface area contributed by atoms with Gasteiger partial charge in [0, 0.05) is 42.6 Å². The Balaban J connectivity index is 1.65. The standard InChI is InChI=1S/C23H27N5O2/c1-23(2,30)15-28(17-9-8-16-6-5-13-27(3)20(16)14-17)21(29)11-10-19-18-7-4-12-24-22(18)26-25-19/h4,7-12,14,30H,5-6,13,15H2,1-3H3,(H,24,25,26)/b11-10+. The lowest BCUT2D eigenvalue weighted by Gasteiger charge is -2.32. The van der Waals surface area contributed by atoms with E-state index in [1.807, 2.05) is 24.3 Å². The zero-order valence-electron chi connectivity index (χ0n) is 17.6. The van der Waals surface area contributed by atoms with Crippen LogP contribution in [0.25, 0.3) is 17.1 Å². The summed E-state index contributed by atoms with van der Waals surface area (Å²) in [5, 5.41) is 18.4. The topological polar surface area (TPSA) is 85.4 Å². The largest absolute Gasteiger partial charge is 0.389 e. The van der Waals surface area contributed by atoms with Gasteiger partial charge in [0.25, 0.3) is 5.91 Å². The first-order valence-corrected chi connectivity index (χ1v) is 10.2. The molecule has 1 aliphatic heterocycles. The van der Waals surface area contributed by atoms with Gasteiger partial charge in [0.15, 0.2) is 5.65 Å². The van der Waals surface area contributed by atoms with E-state index in [0.717, 1.165) is 41.8 Å². The molecule has 0 bridgehead atoms. The van der Waals surface area contributed by atoms with Gasteiger partial charge >= 0.3 is 0 Å². The molecule has 3 aromatic rings. The molecule has 1 aliphatic rings. The smallest absolute Gasteiger partial charge is 0.251 e. The number of aryl methyl sites for hydroxylation is 1. The van der Waals surface area contributed by atoms with Gasteiger partial charge in [-0.05, 0) is 62.6 Å². The summed E-state index contributed by atoms with van der Waals surface area (Å²) < 4.78 is 0. The average Bonchev–Trinajstić information content (AvgIpc) is 3.13. The van der Waals surface area contributed by atoms with Crippen LogP contribution in [0.5, 0.6) is 0 Å². The van der Waals surface area contributed by atoms with Gasteiger partial charge in [0.05, 0.1) is 17.8 Å². The van der Waals surface area contributed by atoms with Gasteiger partial charge in [-0.1, -0.05) is 6.07 Å². The first-order valence-electron chi connectivity index (χ1n) is 10.2. The number of nitrogens with one attached hydrogen (secondary N) is 1. The third-order valence-electron chi connectivity index (χ3n) is 5.29. The maximum atomic E-state index is 13.2. The number of carbonyl (C=O) groups excluding carboxylic acids is 1. The maximum Gasteiger partial charge on any atom is 0.251 e. The zero-order valence-corrected chi connectivity index (χ0v) is 17.6. The van der Waals surface area contributed by atoms with Gasteiger partial charge in [-0.2, -0.15) is 5.10 Å². The van der Waals surface area contributed by atoms with E-state index < -0.39 is 5.60 Å². The van der Waals surface area contributed by atoms with Crippen LogP contribution < -0.4 is 9.80 Å². The van der Waals surface area contributed by atoms with Crippen LogP contribution >= 0.6 is 0 Å². The second-order valence-corrected chi connectivity index (χ2v) is 8.42. The summed E-state index contributed by atoms with van der Waals surface area (Å²) >= 11 is 0. The summed E-state index contributed by atoms with van der Waals surface area (Å²) in [5.74, 6) is -0.206. The van der Waals surface area contributed by atoms with Gasteiger partial charge in [-0.25, -0.2) is 4.98 Å². The average molecular weight is 406 g/mol. The number of rotatable bonds is 5. The molecule has 7 heteroatoms. The summed E-state index contributed by atoms with van der Waals surface area (Å²) in [6, 6.07) is 9.83. The Hall–Kier alpha value is -3.19. The molecule has 0 saturated heterocycles. The van der Waals surface area contributed by atoms with Crippen LogP contribution in [0.3, 0.4) is 0 Å². The van der Waals surface area contributed by atoms with Crippen molar-refractivity contribution in [3.8, 4) is 0 Å². The fraction of sp³-hybridized carbons (Fsp3) is 0.348. The molecule has 0 saturated carbocycles. The summed E-state index contributed by atoms with van der Waals surface area (Å²) in [7, 11) is 2.07. The van der Waals surface area contributed by atoms with Crippen LogP contribution in [0.4, 0.5) is 11.4 Å². The molecule has 4 rings (SSSR count). The molecule has 0 aliphatic carbocycles. The van der Waals surface area contributed by atoms with Crippen molar-refractivity contribution in [3.05, 3.63) is 53.9 Å². The lowest BCUT2D eigenvalue weighted by atomic mass is 10.0. The molecule has 1 aromatic carbocycles. The van der Waals surface area contributed by atoms with Crippen molar-refractivity contribution in [1.29, 1.82) is 0 Å². The van der Waals surface area contributed by atoms with Gasteiger partial charge in [0.2, 0.25) is 0 Å². The van der Waals surface area contributed by atoms with E-state index in [1.165, 1.54) is 11.6 Å². The Morgan fingerprint density at radius 3 is 3.00 bits per heavy atom. The van der Waals surface area contributed by atoms with Gasteiger partial charge < -0.3 is 14.9 Å². The summed E-state index contributed by atoms with van der Waals surface area (Å²) in [4.78, 5) is 21.2. The number of carbonyl (C=O) groups is 1. The van der Waals surface area contributed by atoms with Crippen molar-refractivity contribution in [2.24, 2.45) is 0 Å². The molecule has 0 atom stereocenters. The van der Waals surface area contributed by atoms with Gasteiger partial charge in [-0.15, -0.1) is 0 Å². The van der Waals surface area contributed by atoms with E-state index in [1.54, 1.807) is 31.0 Å². The summed E-state index contributed by atoms with van der Waals surface area (Å²) in [5.41, 5.74) is 3.50. The molecule has 7 nitrogen and oxygen atoms in total. The predicted octanol–water partition coefficient (Wildman–Crippen LogP) is 3.16. The SMILES string of the molecule is CN1CCCc2ccc(N(CC(C)(C)O)C(=O)/C=C/c3[nH]nc4ncccc34)cc21. The van der Waals surface area contributed by atoms with Crippen molar-refractivity contribution in [2.45, 2.75) is 32.3 Å². The Labute approximate surface area is 176 Å². The van der Waals surface area contributed by atoms with Crippen molar-refractivity contribution in [3.63, 3.8) is 0 Å². The minimum atomic E-state index is -1.03. The Morgan fingerprint density at radius 1 is 1.37 bits per heavy atom. The van der Waals surface area contributed by atoms with Crippen LogP contribution in [-0.2, 0) is 11.2 Å². The molecule has 0 unspecified atom stereocenters. The number of fused-ring (bicyclic) bond motifs is 2. The maximum absolute atomic E-state index is 13.2. The number of aromatic nitrogens is 3. The molecule has 3 heterocycles. The number of hydrogen-bond donors (Lipinski definition) is 2. The number of amides is 1. The molecule has 30 heavy (non-hydrogen) atoms. The fourth-order valence-electron chi connectivity index (χ4n) is 3.84. The summed E-state index contributed by atoms with van der Waals surface area (Å²) in [6.45, 7) is 4.59. The van der Waals surface area contributed by atoms with E-state index in [9.17, 15) is 9.90 Å². The highest BCUT2D eigenvalue weighted by Crippen LogP contribution is 2.31. The Kier molecular flexibility index (Phi) is 5.30. The van der Waals surface area contributed by atoms with Gasteiger partial charge in [-0.3, -0.25) is 9.89 Å². The number of pyridine rings is 1. The highest BCUT2D eigenvalue weighted by Gasteiger charge is 2.24. The van der Waals surface area contributed by atoms with Crippen LogP contribution in [0.15, 0.2) is 42.6 Å². The molecule has 2 N–H and O–H groups in total. The Bertz CT molecular complexity index is 1100. The molecule has 0 radical (unpaired) electrons. The number of aromatic amines is 1. The number of aliphatic hydroxyl groups is 1. The monoisotopic (exact) mass is 405 g/mol. The van der Waals surface area contributed by atoms with Crippen molar-refractivity contribution < 1.29 is 9.90 Å². The minimum absolute atomic E-state index is 0.184. The van der Waals surface area contributed by atoms with E-state index in [2.05, 4.69) is 33.2 Å². The lowest BCUT2D eigenvalue weighted by molar-refractivity contribution is -0.114. The second-order valence-electron chi connectivity index (χ2n) is 8.42. The third kappa shape index (κ3) is 4.21. The van der Waals surface area contributed by atoms with Crippen molar-refractivity contribution in [1.82, 2.24) is 15.2 Å². The fourth-order valence-corrected chi connectivity index (χ4v) is 3.84. The van der Waals surface area contributed by atoms with Crippen LogP contribution in [0.1, 0.15) is 31.5 Å². The van der Waals surface area contributed by atoms with Crippen molar-refractivity contribution >= 4 is 34.4 Å². The third-order valence-corrected chi connectivity index (χ3v) is 5.29. The molecule has 1 amide bonds. The second kappa shape index (κ2) is 7.91. The molecule has 0 fully saturated rings. The minimum Gasteiger partial charge on any atom is -0.389 e. The van der Waals surface area contributed by atoms with Crippen molar-refractivity contribution in [2.75, 3.05) is 29.9 Å². The number of H-pyrrole nitrogens is 1. The predicted molar refractivity (Wildman–Crippen MR) is 120 cm³/mol. The highest BCUT2D eigenvalue weighted by atomic mass is 16.3. The Morgan fingerprint density at radius 2 is 2.20 bits per heavy atom. The molecular weight excluding hydrogens is 378 g/mol. The number of hydrogen-bond acceptors (Lipinski definition) is 5. The molecule has 0 spiro atoms. The summed E-state index contributed by atoms with van der Waals surface area (Å²) in [6.07, 6.45) is 7.07. The van der Waals surface area contributed by atoms with E-state index in [4.69, 9.17) is 0 Å². The number of anilines is 2. The van der Waals surface area contributed by atoms with E-state index in [0.29, 0.717) is 5.65 Å². The molecular formula is C23H27N5O2. The quantitative estimate of drug-likeness (QED) is 0.637. The first kappa shape index (κ1) is 20.1. The molecule has 156 valence electrons. The first-order chi connectivity index (χ1) is 14.3. The van der Waals surface area contributed by atoms with Crippen LogP contribution in [0.2, 0.25) is 0 Å².